The Kier molecular flexibility index (Phi) is 4.53. The van der Waals surface area contributed by atoms with Gasteiger partial charge in [-0.25, -0.2) is 4.98 Å². The van der Waals surface area contributed by atoms with Crippen LogP contribution in [-0.4, -0.2) is 53.8 Å². The molecule has 5 nitrogen and oxygen atoms in total. The number of hydrogen-bond donors (Lipinski definition) is 1. The molecule has 0 saturated carbocycles. The number of imidazole rings is 1. The molecule has 0 amide bonds. The first-order valence-electron chi connectivity index (χ1n) is 6.31. The predicted octanol–water partition coefficient (Wildman–Crippen LogP) is 0.323. The van der Waals surface area contributed by atoms with Crippen molar-refractivity contribution in [3.05, 3.63) is 18.2 Å². The van der Waals surface area contributed by atoms with E-state index in [9.17, 15) is 0 Å². The van der Waals surface area contributed by atoms with Crippen LogP contribution in [0.4, 0.5) is 0 Å². The Balaban J connectivity index is 1.90. The number of aromatic nitrogens is 2. The fraction of sp³-hybridized carbons (Fsp3) is 0.750. The van der Waals surface area contributed by atoms with Crippen LogP contribution in [0.3, 0.4) is 0 Å². The molecule has 1 saturated heterocycles. The first-order chi connectivity index (χ1) is 8.33. The monoisotopic (exact) mass is 238 g/mol. The smallest absolute Gasteiger partial charge is 0.0948 e. The lowest BCUT2D eigenvalue weighted by Gasteiger charge is -2.32. The maximum absolute atomic E-state index is 5.70. The number of aryl methyl sites for hydroxylation is 1. The molecule has 1 aromatic rings. The van der Waals surface area contributed by atoms with E-state index in [-0.39, 0.29) is 0 Å². The van der Waals surface area contributed by atoms with Crippen LogP contribution in [0.25, 0.3) is 0 Å². The topological polar surface area (TPSA) is 42.3 Å². The first-order valence-corrected chi connectivity index (χ1v) is 6.31. The summed E-state index contributed by atoms with van der Waals surface area (Å²) in [5.41, 5.74) is 1.29. The van der Waals surface area contributed by atoms with Gasteiger partial charge in [-0.2, -0.15) is 0 Å². The summed E-state index contributed by atoms with van der Waals surface area (Å²) >= 11 is 0. The van der Waals surface area contributed by atoms with E-state index in [0.29, 0.717) is 6.10 Å². The average molecular weight is 238 g/mol. The summed E-state index contributed by atoms with van der Waals surface area (Å²) in [6, 6.07) is 0. The third kappa shape index (κ3) is 3.28. The number of rotatable bonds is 5. The minimum absolute atomic E-state index is 0.312. The van der Waals surface area contributed by atoms with Crippen LogP contribution in [0, 0.1) is 0 Å². The number of hydrogen-bond acceptors (Lipinski definition) is 4. The van der Waals surface area contributed by atoms with E-state index in [1.165, 1.54) is 5.69 Å². The van der Waals surface area contributed by atoms with Crippen LogP contribution in [0.1, 0.15) is 12.6 Å². The van der Waals surface area contributed by atoms with Gasteiger partial charge in [0.25, 0.3) is 0 Å². The lowest BCUT2D eigenvalue weighted by molar-refractivity contribution is -0.0297. The SMILES string of the molecule is CCn1cncc1CN1CCOC(CNC)C1. The zero-order chi connectivity index (χ0) is 12.1. The van der Waals surface area contributed by atoms with Gasteiger partial charge in [0.2, 0.25) is 0 Å². The molecule has 1 atom stereocenters. The zero-order valence-corrected chi connectivity index (χ0v) is 10.7. The van der Waals surface area contributed by atoms with Gasteiger partial charge < -0.3 is 14.6 Å². The maximum atomic E-state index is 5.70. The van der Waals surface area contributed by atoms with Crippen molar-refractivity contribution >= 4 is 0 Å². The Hall–Kier alpha value is -0.910. The highest BCUT2D eigenvalue weighted by molar-refractivity contribution is 4.98. The number of nitrogens with one attached hydrogen (secondary N) is 1. The highest BCUT2D eigenvalue weighted by Gasteiger charge is 2.20. The van der Waals surface area contributed by atoms with Crippen LogP contribution >= 0.6 is 0 Å². The van der Waals surface area contributed by atoms with Gasteiger partial charge in [-0.3, -0.25) is 4.90 Å². The third-order valence-electron chi connectivity index (χ3n) is 3.18. The molecule has 1 unspecified atom stereocenters. The molecule has 0 aromatic carbocycles. The van der Waals surface area contributed by atoms with Crippen molar-refractivity contribution < 1.29 is 4.74 Å². The van der Waals surface area contributed by atoms with Crippen LogP contribution in [0.5, 0.6) is 0 Å². The van der Waals surface area contributed by atoms with Gasteiger partial charge in [-0.15, -0.1) is 0 Å². The third-order valence-corrected chi connectivity index (χ3v) is 3.18. The van der Waals surface area contributed by atoms with Crippen LogP contribution < -0.4 is 5.32 Å². The van der Waals surface area contributed by atoms with E-state index in [4.69, 9.17) is 4.74 Å². The van der Waals surface area contributed by atoms with Gasteiger partial charge in [0.15, 0.2) is 0 Å². The van der Waals surface area contributed by atoms with Crippen molar-refractivity contribution in [3.8, 4) is 0 Å². The van der Waals surface area contributed by atoms with Gasteiger partial charge in [0.05, 0.1) is 24.7 Å². The van der Waals surface area contributed by atoms with E-state index < -0.39 is 0 Å². The van der Waals surface area contributed by atoms with Crippen LogP contribution in [0.15, 0.2) is 12.5 Å². The standard InChI is InChI=1S/C12H22N4O/c1-3-16-10-14-6-11(16)8-15-4-5-17-12(9-15)7-13-2/h6,10,12-13H,3-5,7-9H2,1-2H3. The summed E-state index contributed by atoms with van der Waals surface area (Å²) in [5.74, 6) is 0. The highest BCUT2D eigenvalue weighted by Crippen LogP contribution is 2.10. The maximum Gasteiger partial charge on any atom is 0.0948 e. The second-order valence-corrected chi connectivity index (χ2v) is 4.46. The minimum Gasteiger partial charge on any atom is -0.374 e. The molecular weight excluding hydrogens is 216 g/mol. The van der Waals surface area contributed by atoms with E-state index in [1.807, 2.05) is 19.6 Å². The van der Waals surface area contributed by atoms with Crippen molar-refractivity contribution in [2.45, 2.75) is 26.1 Å². The molecule has 2 rings (SSSR count). The fourth-order valence-electron chi connectivity index (χ4n) is 2.27. The van der Waals surface area contributed by atoms with Gasteiger partial charge in [0.1, 0.15) is 0 Å². The Bertz CT molecular complexity index is 337. The lowest BCUT2D eigenvalue weighted by atomic mass is 10.2. The molecule has 0 radical (unpaired) electrons. The summed E-state index contributed by atoms with van der Waals surface area (Å²) in [6.07, 6.45) is 4.18. The number of likely N-dealkylation sites (N-methyl/N-ethyl adjacent to an activating group) is 1. The second kappa shape index (κ2) is 6.14. The molecule has 1 aromatic heterocycles. The van der Waals surface area contributed by atoms with Gasteiger partial charge in [-0.1, -0.05) is 0 Å². The van der Waals surface area contributed by atoms with Crippen molar-refractivity contribution in [3.63, 3.8) is 0 Å². The minimum atomic E-state index is 0.312. The first kappa shape index (κ1) is 12.5. The fourth-order valence-corrected chi connectivity index (χ4v) is 2.27. The van der Waals surface area contributed by atoms with Gasteiger partial charge in [-0.05, 0) is 14.0 Å². The summed E-state index contributed by atoms with van der Waals surface area (Å²) in [7, 11) is 1.97. The number of morpholine rings is 1. The largest absolute Gasteiger partial charge is 0.374 e. The quantitative estimate of drug-likeness (QED) is 0.802. The van der Waals surface area contributed by atoms with E-state index >= 15 is 0 Å². The summed E-state index contributed by atoms with van der Waals surface area (Å²) in [5, 5.41) is 3.17. The molecule has 2 heterocycles. The molecule has 0 spiro atoms. The second-order valence-electron chi connectivity index (χ2n) is 4.46. The van der Waals surface area contributed by atoms with Gasteiger partial charge in [0, 0.05) is 38.9 Å². The molecule has 96 valence electrons. The Labute approximate surface area is 103 Å². The molecule has 0 bridgehead atoms. The van der Waals surface area contributed by atoms with Crippen molar-refractivity contribution in [1.82, 2.24) is 19.8 Å². The van der Waals surface area contributed by atoms with Crippen LogP contribution in [0.2, 0.25) is 0 Å². The highest BCUT2D eigenvalue weighted by atomic mass is 16.5. The summed E-state index contributed by atoms with van der Waals surface area (Å²) in [4.78, 5) is 6.65. The average Bonchev–Trinajstić information content (AvgIpc) is 2.77. The van der Waals surface area contributed by atoms with E-state index in [2.05, 4.69) is 26.7 Å². The lowest BCUT2D eigenvalue weighted by Crippen LogP contribution is -2.45. The van der Waals surface area contributed by atoms with E-state index in [1.54, 1.807) is 0 Å². The molecular formula is C12H22N4O. The molecule has 0 aliphatic carbocycles. The molecule has 5 heteroatoms. The Morgan fingerprint density at radius 3 is 3.24 bits per heavy atom. The summed E-state index contributed by atoms with van der Waals surface area (Å²) in [6.45, 7) is 7.85. The molecule has 1 aliphatic heterocycles. The van der Waals surface area contributed by atoms with Crippen LogP contribution in [-0.2, 0) is 17.8 Å². The van der Waals surface area contributed by atoms with Gasteiger partial charge >= 0.3 is 0 Å². The normalized spacial score (nSPS) is 21.9. The van der Waals surface area contributed by atoms with Crippen molar-refractivity contribution in [2.75, 3.05) is 33.3 Å². The molecule has 17 heavy (non-hydrogen) atoms. The molecule has 1 N–H and O–H groups in total. The molecule has 1 aliphatic rings. The Morgan fingerprint density at radius 1 is 1.59 bits per heavy atom. The zero-order valence-electron chi connectivity index (χ0n) is 10.7. The number of nitrogens with zero attached hydrogens (tertiary/aromatic N) is 3. The molecule has 1 fully saturated rings. The van der Waals surface area contributed by atoms with E-state index in [0.717, 1.165) is 39.3 Å². The van der Waals surface area contributed by atoms with Crippen molar-refractivity contribution in [2.24, 2.45) is 0 Å². The Morgan fingerprint density at radius 2 is 2.47 bits per heavy atom. The summed E-state index contributed by atoms with van der Waals surface area (Å²) < 4.78 is 7.89. The van der Waals surface area contributed by atoms with Crippen molar-refractivity contribution in [1.29, 1.82) is 0 Å². The predicted molar refractivity (Wildman–Crippen MR) is 66.8 cm³/mol. The number of ether oxygens (including phenoxy) is 1.